The summed E-state index contributed by atoms with van der Waals surface area (Å²) in [4.78, 5) is 14.9. The van der Waals surface area contributed by atoms with Gasteiger partial charge in [-0.05, 0) is 36.0 Å². The number of thiocarbonyl (C=S) groups is 1. The standard InChI is InChI=1S/C21H34N4OS/c1-21(2,3)18(19(26)25(4)14-15-10-6-5-7-11-15)24-20(27)23-17-13-9-8-12-16(17)22/h5-7,10-11,16-18H,8-9,12-14,22H2,1-4H3,(H2,23,24,27)/t16-,17?,18-/m1/s1. The first-order chi connectivity index (χ1) is 12.7. The van der Waals surface area contributed by atoms with Gasteiger partial charge in [-0.2, -0.15) is 0 Å². The Morgan fingerprint density at radius 3 is 2.48 bits per heavy atom. The molecule has 0 radical (unpaired) electrons. The lowest BCUT2D eigenvalue weighted by Gasteiger charge is -2.36. The second-order valence-corrected chi connectivity index (χ2v) is 9.06. The molecule has 0 saturated heterocycles. The van der Waals surface area contributed by atoms with Crippen molar-refractivity contribution < 1.29 is 4.79 Å². The van der Waals surface area contributed by atoms with Crippen molar-refractivity contribution >= 4 is 23.2 Å². The summed E-state index contributed by atoms with van der Waals surface area (Å²) in [6, 6.07) is 9.88. The minimum absolute atomic E-state index is 0.0310. The highest BCUT2D eigenvalue weighted by atomic mass is 32.1. The van der Waals surface area contributed by atoms with Crippen LogP contribution in [0.4, 0.5) is 0 Å². The van der Waals surface area contributed by atoms with E-state index in [0.29, 0.717) is 11.7 Å². The molecule has 1 aromatic rings. The second-order valence-electron chi connectivity index (χ2n) is 8.65. The number of nitrogens with two attached hydrogens (primary N) is 1. The van der Waals surface area contributed by atoms with Gasteiger partial charge in [-0.25, -0.2) is 0 Å². The van der Waals surface area contributed by atoms with Crippen LogP contribution in [-0.4, -0.2) is 41.1 Å². The quantitative estimate of drug-likeness (QED) is 0.675. The molecule has 0 spiro atoms. The van der Waals surface area contributed by atoms with E-state index in [4.69, 9.17) is 18.0 Å². The Bertz CT molecular complexity index is 629. The van der Waals surface area contributed by atoms with Gasteiger partial charge >= 0.3 is 0 Å². The molecule has 27 heavy (non-hydrogen) atoms. The van der Waals surface area contributed by atoms with Gasteiger partial charge in [-0.1, -0.05) is 63.9 Å². The number of benzene rings is 1. The molecule has 0 aliphatic heterocycles. The van der Waals surface area contributed by atoms with Crippen molar-refractivity contribution in [3.8, 4) is 0 Å². The zero-order chi connectivity index (χ0) is 20.0. The number of amides is 1. The Labute approximate surface area is 169 Å². The lowest BCUT2D eigenvalue weighted by atomic mass is 9.85. The Hall–Kier alpha value is -1.66. The van der Waals surface area contributed by atoms with Gasteiger partial charge in [0, 0.05) is 25.7 Å². The number of nitrogens with one attached hydrogen (secondary N) is 2. The highest BCUT2D eigenvalue weighted by Gasteiger charge is 2.34. The fourth-order valence-electron chi connectivity index (χ4n) is 3.48. The van der Waals surface area contributed by atoms with Crippen molar-refractivity contribution in [2.45, 2.75) is 71.1 Å². The molecule has 4 N–H and O–H groups in total. The van der Waals surface area contributed by atoms with Crippen molar-refractivity contribution in [2.24, 2.45) is 11.1 Å². The van der Waals surface area contributed by atoms with Crippen molar-refractivity contribution in [3.63, 3.8) is 0 Å². The lowest BCUT2D eigenvalue weighted by molar-refractivity contribution is -0.134. The monoisotopic (exact) mass is 390 g/mol. The Morgan fingerprint density at radius 1 is 1.26 bits per heavy atom. The molecular weight excluding hydrogens is 356 g/mol. The van der Waals surface area contributed by atoms with E-state index in [-0.39, 0.29) is 23.4 Å². The summed E-state index contributed by atoms with van der Waals surface area (Å²) in [6.07, 6.45) is 4.37. The number of hydrogen-bond donors (Lipinski definition) is 3. The smallest absolute Gasteiger partial charge is 0.245 e. The molecular formula is C21H34N4OS. The molecule has 2 rings (SSSR count). The molecule has 5 nitrogen and oxygen atoms in total. The fraction of sp³-hybridized carbons (Fsp3) is 0.619. The van der Waals surface area contributed by atoms with Crippen LogP contribution in [0.5, 0.6) is 0 Å². The maximum Gasteiger partial charge on any atom is 0.245 e. The molecule has 0 heterocycles. The fourth-order valence-corrected chi connectivity index (χ4v) is 3.75. The van der Waals surface area contributed by atoms with E-state index >= 15 is 0 Å². The van der Waals surface area contributed by atoms with E-state index in [1.807, 2.05) is 58.2 Å². The molecule has 3 atom stereocenters. The molecule has 0 bridgehead atoms. The number of hydrogen-bond acceptors (Lipinski definition) is 3. The van der Waals surface area contributed by atoms with Crippen LogP contribution < -0.4 is 16.4 Å². The van der Waals surface area contributed by atoms with Crippen LogP contribution in [0.25, 0.3) is 0 Å². The predicted molar refractivity (Wildman–Crippen MR) is 115 cm³/mol. The predicted octanol–water partition coefficient (Wildman–Crippen LogP) is 2.79. The minimum atomic E-state index is -0.411. The summed E-state index contributed by atoms with van der Waals surface area (Å²) < 4.78 is 0. The summed E-state index contributed by atoms with van der Waals surface area (Å²) in [5.41, 5.74) is 7.04. The largest absolute Gasteiger partial charge is 0.358 e. The van der Waals surface area contributed by atoms with Crippen LogP contribution in [-0.2, 0) is 11.3 Å². The van der Waals surface area contributed by atoms with E-state index < -0.39 is 6.04 Å². The van der Waals surface area contributed by atoms with E-state index in [1.54, 1.807) is 4.90 Å². The Balaban J connectivity index is 2.01. The third-order valence-corrected chi connectivity index (χ3v) is 5.40. The maximum atomic E-state index is 13.1. The first kappa shape index (κ1) is 21.6. The normalized spacial score (nSPS) is 21.2. The topological polar surface area (TPSA) is 70.4 Å². The van der Waals surface area contributed by atoms with Crippen LogP contribution in [0.15, 0.2) is 30.3 Å². The van der Waals surface area contributed by atoms with Crippen molar-refractivity contribution in [3.05, 3.63) is 35.9 Å². The summed E-state index contributed by atoms with van der Waals surface area (Å²) in [7, 11) is 1.84. The number of rotatable bonds is 5. The summed E-state index contributed by atoms with van der Waals surface area (Å²) in [5.74, 6) is 0.0310. The van der Waals surface area contributed by atoms with Crippen molar-refractivity contribution in [1.82, 2.24) is 15.5 Å². The van der Waals surface area contributed by atoms with Gasteiger partial charge in [0.05, 0.1) is 0 Å². The lowest BCUT2D eigenvalue weighted by Crippen LogP contribution is -2.59. The highest BCUT2D eigenvalue weighted by molar-refractivity contribution is 7.80. The number of carbonyl (C=O) groups excluding carboxylic acids is 1. The third-order valence-electron chi connectivity index (χ3n) is 5.16. The zero-order valence-electron chi connectivity index (χ0n) is 17.0. The summed E-state index contributed by atoms with van der Waals surface area (Å²) in [6.45, 7) is 6.72. The maximum absolute atomic E-state index is 13.1. The minimum Gasteiger partial charge on any atom is -0.358 e. The average molecular weight is 391 g/mol. The van der Waals surface area contributed by atoms with E-state index in [9.17, 15) is 4.79 Å². The van der Waals surface area contributed by atoms with Crippen molar-refractivity contribution in [2.75, 3.05) is 7.05 Å². The van der Waals surface area contributed by atoms with E-state index in [2.05, 4.69) is 10.6 Å². The molecule has 150 valence electrons. The van der Waals surface area contributed by atoms with Crippen LogP contribution >= 0.6 is 12.2 Å². The van der Waals surface area contributed by atoms with E-state index in [0.717, 1.165) is 24.8 Å². The van der Waals surface area contributed by atoms with Crippen molar-refractivity contribution in [1.29, 1.82) is 0 Å². The molecule has 1 fully saturated rings. The summed E-state index contributed by atoms with van der Waals surface area (Å²) >= 11 is 5.52. The van der Waals surface area contributed by atoms with Crippen LogP contribution in [0, 0.1) is 5.41 Å². The molecule has 1 saturated carbocycles. The highest BCUT2D eigenvalue weighted by Crippen LogP contribution is 2.22. The first-order valence-corrected chi connectivity index (χ1v) is 10.2. The Kier molecular flexibility index (Phi) is 7.62. The molecule has 1 aliphatic rings. The van der Waals surface area contributed by atoms with Crippen LogP contribution in [0.2, 0.25) is 0 Å². The molecule has 1 amide bonds. The van der Waals surface area contributed by atoms with Gasteiger partial charge in [0.1, 0.15) is 6.04 Å². The molecule has 6 heteroatoms. The average Bonchev–Trinajstić information content (AvgIpc) is 2.61. The van der Waals surface area contributed by atoms with Gasteiger partial charge in [-0.15, -0.1) is 0 Å². The number of carbonyl (C=O) groups is 1. The molecule has 0 aromatic heterocycles. The second kappa shape index (κ2) is 9.51. The van der Waals surface area contributed by atoms with E-state index in [1.165, 1.54) is 6.42 Å². The molecule has 1 aromatic carbocycles. The number of nitrogens with zero attached hydrogens (tertiary/aromatic N) is 1. The molecule has 1 unspecified atom stereocenters. The first-order valence-electron chi connectivity index (χ1n) is 9.80. The molecule has 1 aliphatic carbocycles. The Morgan fingerprint density at radius 2 is 1.89 bits per heavy atom. The zero-order valence-corrected chi connectivity index (χ0v) is 17.8. The van der Waals surface area contributed by atoms with Gasteiger partial charge < -0.3 is 21.3 Å². The van der Waals surface area contributed by atoms with Crippen LogP contribution in [0.1, 0.15) is 52.0 Å². The van der Waals surface area contributed by atoms with Gasteiger partial charge in [0.15, 0.2) is 5.11 Å². The SMILES string of the molecule is CN(Cc1ccccc1)C(=O)[C@@H](NC(=S)NC1CCCC[C@H]1N)C(C)(C)C. The van der Waals surface area contributed by atoms with Crippen LogP contribution in [0.3, 0.4) is 0 Å². The van der Waals surface area contributed by atoms with Gasteiger partial charge in [0.25, 0.3) is 0 Å². The number of likely N-dealkylation sites (N-methyl/N-ethyl adjacent to an activating group) is 1. The van der Waals surface area contributed by atoms with Gasteiger partial charge in [0.2, 0.25) is 5.91 Å². The summed E-state index contributed by atoms with van der Waals surface area (Å²) in [5, 5.41) is 7.12. The van der Waals surface area contributed by atoms with Gasteiger partial charge in [-0.3, -0.25) is 4.79 Å². The third kappa shape index (κ3) is 6.47.